The standard InChI is InChI=1S/C29H32FN9O.C29H33N9O/c1-37-12-14-38(15-13-37)19-7-9-20(10-8-19)39-28-25(27(31)32-17-33-28)26(36-39)18-6-11-22(21(30)16-18)34-29-35-23-4-2-3-5-24(23)40-29;1-36-14-16-37(17-15-36)21-10-12-22(13-11-21)38-28-25(27(30)31-18-32-28)26(35-38)19-6-8-20(9-7-19)33-29-34-23-4-2-3-5-24(23)39-29/h2-6,11,16-17,19-20H,7-10,12-15H2,1H3,(H,34,35)(H2,31,32,33);2-9,18,21-22H,10-17H2,1H3,(H,33,34)(H2,30,31,32). The van der Waals surface area contributed by atoms with Crippen LogP contribution in [0.5, 0.6) is 0 Å². The molecule has 79 heavy (non-hydrogen) atoms. The second-order valence-corrected chi connectivity index (χ2v) is 21.6. The molecule has 4 aliphatic rings. The first kappa shape index (κ1) is 50.4. The van der Waals surface area contributed by atoms with Crippen LogP contribution in [0, 0.1) is 5.82 Å². The SMILES string of the molecule is CN1CCN(C2CCC(n3nc(-c4ccc(Nc5nc6ccccc6o5)c(F)c4)c4c(N)ncnc43)CC2)CC1.CN1CCN(C2CCC(n3nc(-c4ccc(Nc5nc6ccccc6o5)cc4)c4c(N)ncnc43)CC2)CC1. The second-order valence-electron chi connectivity index (χ2n) is 21.6. The molecule has 10 aromatic rings. The number of nitrogens with one attached hydrogen (secondary N) is 2. The lowest BCUT2D eigenvalue weighted by Gasteiger charge is -2.41. The molecule has 0 spiro atoms. The van der Waals surface area contributed by atoms with E-state index in [0.717, 1.165) is 117 Å². The summed E-state index contributed by atoms with van der Waals surface area (Å²) in [6, 6.07) is 30.6. The number of rotatable bonds is 10. The Hall–Kier alpha value is -8.11. The smallest absolute Gasteiger partial charge is 0.300 e. The predicted molar refractivity (Wildman–Crippen MR) is 306 cm³/mol. The van der Waals surface area contributed by atoms with Crippen LogP contribution in [0.2, 0.25) is 0 Å². The van der Waals surface area contributed by atoms with Crippen molar-refractivity contribution in [2.24, 2.45) is 0 Å². The number of nitrogens with zero attached hydrogens (tertiary/aromatic N) is 14. The Labute approximate surface area is 456 Å². The molecule has 2 saturated heterocycles. The van der Waals surface area contributed by atoms with Gasteiger partial charge in [-0.05, 0) is 114 Å². The molecule has 2 saturated carbocycles. The average molecular weight is 1070 g/mol. The Kier molecular flexibility index (Phi) is 13.8. The summed E-state index contributed by atoms with van der Waals surface area (Å²) in [4.78, 5) is 36.7. The summed E-state index contributed by atoms with van der Waals surface area (Å²) in [6.07, 6.45) is 11.8. The van der Waals surface area contributed by atoms with Gasteiger partial charge in [0.25, 0.3) is 12.0 Å². The number of hydrogen-bond donors (Lipinski definition) is 4. The molecule has 4 aromatic carbocycles. The third kappa shape index (κ3) is 10.3. The minimum atomic E-state index is -0.453. The summed E-state index contributed by atoms with van der Waals surface area (Å²) in [5.74, 6) is 0.345. The van der Waals surface area contributed by atoms with E-state index >= 15 is 4.39 Å². The third-order valence-corrected chi connectivity index (χ3v) is 16.7. The Bertz CT molecular complexity index is 3680. The zero-order chi connectivity index (χ0) is 53.6. The number of hydrogen-bond acceptors (Lipinski definition) is 18. The van der Waals surface area contributed by atoms with E-state index in [1.54, 1.807) is 12.4 Å². The molecule has 0 amide bonds. The summed E-state index contributed by atoms with van der Waals surface area (Å²) in [5.41, 5.74) is 21.2. The van der Waals surface area contributed by atoms with E-state index in [0.29, 0.717) is 69.2 Å². The summed E-state index contributed by atoms with van der Waals surface area (Å²) >= 11 is 0. The highest BCUT2D eigenvalue weighted by molar-refractivity contribution is 5.99. The molecule has 2 aliphatic carbocycles. The second kappa shape index (κ2) is 21.6. The number of likely N-dealkylation sites (N-methyl/N-ethyl adjacent to an activating group) is 2. The van der Waals surface area contributed by atoms with Crippen molar-refractivity contribution in [3.63, 3.8) is 0 Å². The molecule has 14 rings (SSSR count). The van der Waals surface area contributed by atoms with E-state index in [4.69, 9.17) is 30.5 Å². The first-order valence-electron chi connectivity index (χ1n) is 27.6. The fourth-order valence-electron chi connectivity index (χ4n) is 12.2. The number of nitrogens with two attached hydrogens (primary N) is 2. The van der Waals surface area contributed by atoms with Crippen molar-refractivity contribution in [3.05, 3.63) is 109 Å². The average Bonchev–Trinajstić information content (AvgIpc) is 4.32. The molecule has 4 fully saturated rings. The van der Waals surface area contributed by atoms with Crippen LogP contribution in [-0.4, -0.2) is 148 Å². The minimum absolute atomic E-state index is 0.208. The summed E-state index contributed by atoms with van der Waals surface area (Å²) < 4.78 is 30.9. The first-order chi connectivity index (χ1) is 38.6. The molecule has 8 heterocycles. The Balaban J connectivity index is 0.000000150. The van der Waals surface area contributed by atoms with Crippen LogP contribution in [0.3, 0.4) is 0 Å². The molecular formula is C58H65FN18O2. The fourth-order valence-corrected chi connectivity index (χ4v) is 12.2. The van der Waals surface area contributed by atoms with Crippen molar-refractivity contribution < 1.29 is 13.2 Å². The number of piperazine rings is 2. The van der Waals surface area contributed by atoms with Gasteiger partial charge in [0, 0.05) is 81.3 Å². The lowest BCUT2D eigenvalue weighted by Crippen LogP contribution is -2.49. The fraction of sp³-hybridized carbons (Fsp3) is 0.379. The van der Waals surface area contributed by atoms with E-state index in [1.807, 2.05) is 83.5 Å². The normalized spacial score (nSPS) is 20.9. The van der Waals surface area contributed by atoms with E-state index in [9.17, 15) is 0 Å². The van der Waals surface area contributed by atoms with Gasteiger partial charge in [-0.3, -0.25) is 9.80 Å². The van der Waals surface area contributed by atoms with Gasteiger partial charge in [0.15, 0.2) is 22.5 Å². The number of fused-ring (bicyclic) bond motifs is 4. The molecule has 0 atom stereocenters. The van der Waals surface area contributed by atoms with Gasteiger partial charge in [0.1, 0.15) is 52.5 Å². The van der Waals surface area contributed by atoms with Crippen LogP contribution in [0.25, 0.3) is 66.8 Å². The number of benzene rings is 4. The zero-order valence-electron chi connectivity index (χ0n) is 44.5. The highest BCUT2D eigenvalue weighted by Gasteiger charge is 2.33. The van der Waals surface area contributed by atoms with Crippen LogP contribution in [-0.2, 0) is 0 Å². The van der Waals surface area contributed by atoms with Crippen molar-refractivity contribution >= 4 is 79.3 Å². The molecule has 0 unspecified atom stereocenters. The van der Waals surface area contributed by atoms with Gasteiger partial charge < -0.3 is 40.7 Å². The maximum absolute atomic E-state index is 15.3. The lowest BCUT2D eigenvalue weighted by molar-refractivity contribution is 0.0815. The molecule has 21 heteroatoms. The lowest BCUT2D eigenvalue weighted by atomic mass is 9.90. The topological polar surface area (TPSA) is 228 Å². The largest absolute Gasteiger partial charge is 0.423 e. The highest BCUT2D eigenvalue weighted by atomic mass is 19.1. The van der Waals surface area contributed by atoms with E-state index in [-0.39, 0.29) is 17.7 Å². The van der Waals surface area contributed by atoms with E-state index < -0.39 is 5.82 Å². The van der Waals surface area contributed by atoms with Crippen LogP contribution < -0.4 is 22.1 Å². The number of oxazole rings is 2. The molecule has 6 aromatic heterocycles. The van der Waals surface area contributed by atoms with Crippen molar-refractivity contribution in [1.29, 1.82) is 0 Å². The van der Waals surface area contributed by atoms with Gasteiger partial charge in [0.2, 0.25) is 0 Å². The van der Waals surface area contributed by atoms with Gasteiger partial charge in [-0.25, -0.2) is 33.7 Å². The number of anilines is 6. The van der Waals surface area contributed by atoms with Gasteiger partial charge in [0.05, 0.1) is 28.5 Å². The Morgan fingerprint density at radius 3 is 1.43 bits per heavy atom. The predicted octanol–water partition coefficient (Wildman–Crippen LogP) is 9.52. The number of para-hydroxylation sites is 4. The van der Waals surface area contributed by atoms with E-state index in [2.05, 4.69) is 78.9 Å². The number of aromatic nitrogens is 10. The molecule has 6 N–H and O–H groups in total. The highest BCUT2D eigenvalue weighted by Crippen LogP contribution is 2.40. The van der Waals surface area contributed by atoms with E-state index in [1.165, 1.54) is 38.3 Å². The monoisotopic (exact) mass is 1060 g/mol. The van der Waals surface area contributed by atoms with Crippen molar-refractivity contribution in [2.75, 3.05) is 88.6 Å². The molecule has 0 radical (unpaired) electrons. The van der Waals surface area contributed by atoms with Crippen LogP contribution in [0.4, 0.5) is 39.4 Å². The summed E-state index contributed by atoms with van der Waals surface area (Å²) in [6.45, 7) is 9.18. The quantitative estimate of drug-likeness (QED) is 0.0999. The van der Waals surface area contributed by atoms with Gasteiger partial charge in [-0.15, -0.1) is 0 Å². The van der Waals surface area contributed by atoms with Crippen LogP contribution >= 0.6 is 0 Å². The molecule has 2 aliphatic heterocycles. The van der Waals surface area contributed by atoms with Crippen molar-refractivity contribution in [1.82, 2.24) is 69.1 Å². The zero-order valence-corrected chi connectivity index (χ0v) is 44.5. The van der Waals surface area contributed by atoms with Crippen LogP contribution in [0.15, 0.2) is 112 Å². The maximum Gasteiger partial charge on any atom is 0.300 e. The maximum atomic E-state index is 15.3. The minimum Gasteiger partial charge on any atom is -0.423 e. The van der Waals surface area contributed by atoms with Gasteiger partial charge in [-0.2, -0.15) is 20.2 Å². The molecule has 20 nitrogen and oxygen atoms in total. The Morgan fingerprint density at radius 1 is 0.506 bits per heavy atom. The number of halogens is 1. The van der Waals surface area contributed by atoms with Crippen LogP contribution in [0.1, 0.15) is 63.5 Å². The molecule has 0 bridgehead atoms. The first-order valence-corrected chi connectivity index (χ1v) is 27.6. The van der Waals surface area contributed by atoms with Gasteiger partial charge >= 0.3 is 0 Å². The van der Waals surface area contributed by atoms with Crippen molar-refractivity contribution in [3.8, 4) is 22.5 Å². The third-order valence-electron chi connectivity index (χ3n) is 16.7. The van der Waals surface area contributed by atoms with Gasteiger partial charge in [-0.1, -0.05) is 42.5 Å². The number of nitrogen functional groups attached to an aromatic ring is 2. The molecule has 406 valence electrons. The molecular weight excluding hydrogens is 1000 g/mol. The summed E-state index contributed by atoms with van der Waals surface area (Å²) in [5, 5.41) is 17.7. The van der Waals surface area contributed by atoms with Crippen molar-refractivity contribution in [2.45, 2.75) is 75.5 Å². The summed E-state index contributed by atoms with van der Waals surface area (Å²) in [7, 11) is 4.40. The Morgan fingerprint density at radius 2 is 0.949 bits per heavy atom.